The highest BCUT2D eigenvalue weighted by atomic mass is 16.3. The first-order valence-electron chi connectivity index (χ1n) is 10.5. The number of Topliss-reactive ketones (excluding diaryl/α,β-unsaturated/α-hetero) is 3. The van der Waals surface area contributed by atoms with E-state index in [1.54, 1.807) is 6.07 Å². The summed E-state index contributed by atoms with van der Waals surface area (Å²) >= 11 is 0. The Kier molecular flexibility index (Phi) is 8.91. The van der Waals surface area contributed by atoms with Crippen LogP contribution in [0.15, 0.2) is 29.5 Å². The van der Waals surface area contributed by atoms with E-state index in [0.29, 0.717) is 18.4 Å². The molecule has 0 aromatic heterocycles. The molecule has 3 atom stereocenters. The summed E-state index contributed by atoms with van der Waals surface area (Å²) in [5.74, 6) is -2.34. The molecule has 0 aliphatic heterocycles. The monoisotopic (exact) mass is 454 g/mol. The number of hydrogen-bond donors (Lipinski definition) is 3. The van der Waals surface area contributed by atoms with Gasteiger partial charge in [0.25, 0.3) is 0 Å². The van der Waals surface area contributed by atoms with Gasteiger partial charge in [0, 0.05) is 28.0 Å². The first-order chi connectivity index (χ1) is 14.0. The smallest absolute Gasteiger partial charge is 0.170 e. The molecule has 2 aliphatic rings. The van der Waals surface area contributed by atoms with Crippen LogP contribution in [0.5, 0.6) is 5.75 Å². The van der Waals surface area contributed by atoms with Crippen molar-refractivity contribution in [2.24, 2.45) is 23.2 Å². The molecule has 3 unspecified atom stereocenters. The first-order valence-corrected chi connectivity index (χ1v) is 10.5. The summed E-state index contributed by atoms with van der Waals surface area (Å²) in [6.45, 7) is 5.29. The summed E-state index contributed by atoms with van der Waals surface area (Å²) in [7, 11) is 0. The summed E-state index contributed by atoms with van der Waals surface area (Å²) in [6, 6.07) is 5.01. The van der Waals surface area contributed by atoms with Crippen molar-refractivity contribution in [3.8, 4) is 5.75 Å². The maximum absolute atomic E-state index is 12.7. The Morgan fingerprint density at radius 2 is 1.72 bits per heavy atom. The second-order valence-electron chi connectivity index (χ2n) is 9.84. The molecular formula is C24H38O8. The van der Waals surface area contributed by atoms with Crippen molar-refractivity contribution in [1.82, 2.24) is 0 Å². The number of aliphatic hydroxyl groups is 2. The van der Waals surface area contributed by atoms with Crippen LogP contribution < -0.4 is 0 Å². The fourth-order valence-corrected chi connectivity index (χ4v) is 4.81. The van der Waals surface area contributed by atoms with Crippen LogP contribution in [-0.4, -0.2) is 50.2 Å². The van der Waals surface area contributed by atoms with Gasteiger partial charge in [0.2, 0.25) is 0 Å². The number of carbonyl (C=O) groups is 3. The molecule has 0 heterocycles. The van der Waals surface area contributed by atoms with E-state index in [4.69, 9.17) is 0 Å². The fraction of sp³-hybridized carbons (Fsp3) is 0.542. The van der Waals surface area contributed by atoms with Gasteiger partial charge < -0.3 is 26.3 Å². The second kappa shape index (κ2) is 10.4. The second-order valence-corrected chi connectivity index (χ2v) is 9.84. The molecule has 0 spiro atoms. The van der Waals surface area contributed by atoms with E-state index in [2.05, 4.69) is 0 Å². The molecule has 3 rings (SSSR count). The third-order valence-electron chi connectivity index (χ3n) is 6.10. The van der Waals surface area contributed by atoms with Gasteiger partial charge in [-0.3, -0.25) is 14.4 Å². The molecule has 0 bridgehead atoms. The predicted octanol–water partition coefficient (Wildman–Crippen LogP) is 2.38. The maximum atomic E-state index is 12.7. The van der Waals surface area contributed by atoms with Gasteiger partial charge in [-0.05, 0) is 41.7 Å². The standard InChI is InChI=1S/C24H30O6.2H2O.2H2/c1-24(2,3)11-20(29)22-19(28)10-15(16(12-25)23(22)30)8-13-7-14-5-4-6-17(26)21(14)18(27)9-13;;;;/h4-6,13,15-16,25-26,30H,7-12H2,1-3H3;2*1H2;2*1H. The Bertz CT molecular complexity index is 920. The Hall–Kier alpha value is -2.55. The van der Waals surface area contributed by atoms with Crippen molar-refractivity contribution in [2.75, 3.05) is 6.61 Å². The zero-order valence-corrected chi connectivity index (χ0v) is 18.8. The number of rotatable bonds is 5. The minimum absolute atomic E-state index is 0. The topological polar surface area (TPSA) is 175 Å². The van der Waals surface area contributed by atoms with Gasteiger partial charge in [-0.15, -0.1) is 0 Å². The fourth-order valence-electron chi connectivity index (χ4n) is 4.81. The zero-order valence-electron chi connectivity index (χ0n) is 18.8. The van der Waals surface area contributed by atoms with E-state index < -0.39 is 11.7 Å². The molecule has 1 aromatic rings. The lowest BCUT2D eigenvalue weighted by Crippen LogP contribution is -2.36. The molecule has 0 radical (unpaired) electrons. The van der Waals surface area contributed by atoms with Crippen LogP contribution in [0.4, 0.5) is 0 Å². The summed E-state index contributed by atoms with van der Waals surface area (Å²) in [4.78, 5) is 37.9. The highest BCUT2D eigenvalue weighted by molar-refractivity contribution is 6.21. The van der Waals surface area contributed by atoms with Gasteiger partial charge in [0.1, 0.15) is 11.5 Å². The van der Waals surface area contributed by atoms with E-state index in [1.807, 2.05) is 26.8 Å². The average Bonchev–Trinajstić information content (AvgIpc) is 2.59. The molecule has 0 amide bonds. The molecule has 32 heavy (non-hydrogen) atoms. The number of aromatic hydroxyl groups is 1. The number of fused-ring (bicyclic) bond motifs is 1. The van der Waals surface area contributed by atoms with Crippen LogP contribution in [0.1, 0.15) is 65.2 Å². The summed E-state index contributed by atoms with van der Waals surface area (Å²) < 4.78 is 0. The van der Waals surface area contributed by atoms with Gasteiger partial charge >= 0.3 is 0 Å². The maximum Gasteiger partial charge on any atom is 0.170 e. The van der Waals surface area contributed by atoms with Crippen LogP contribution in [0.2, 0.25) is 0 Å². The summed E-state index contributed by atoms with van der Waals surface area (Å²) in [6.07, 6.45) is 1.51. The number of ketones is 3. The number of aliphatic hydroxyl groups excluding tert-OH is 2. The predicted molar refractivity (Wildman–Crippen MR) is 123 cm³/mol. The molecule has 182 valence electrons. The van der Waals surface area contributed by atoms with E-state index in [-0.39, 0.29) is 85.6 Å². The van der Waals surface area contributed by atoms with Crippen LogP contribution >= 0.6 is 0 Å². The lowest BCUT2D eigenvalue weighted by molar-refractivity contribution is -0.124. The lowest BCUT2D eigenvalue weighted by atomic mass is 9.70. The summed E-state index contributed by atoms with van der Waals surface area (Å²) in [5.41, 5.74) is 0.650. The molecule has 1 aromatic carbocycles. The number of phenols is 1. The first kappa shape index (κ1) is 27.5. The normalized spacial score (nSPS) is 23.2. The third-order valence-corrected chi connectivity index (χ3v) is 6.10. The van der Waals surface area contributed by atoms with Crippen molar-refractivity contribution in [3.63, 3.8) is 0 Å². The largest absolute Gasteiger partial charge is 0.511 e. The van der Waals surface area contributed by atoms with Crippen molar-refractivity contribution >= 4 is 17.3 Å². The van der Waals surface area contributed by atoms with Crippen LogP contribution in [0.3, 0.4) is 0 Å². The average molecular weight is 455 g/mol. The highest BCUT2D eigenvalue weighted by Crippen LogP contribution is 2.40. The van der Waals surface area contributed by atoms with E-state index in [1.165, 1.54) is 6.07 Å². The Labute approximate surface area is 190 Å². The molecule has 8 heteroatoms. The van der Waals surface area contributed by atoms with Crippen LogP contribution in [0, 0.1) is 23.2 Å². The van der Waals surface area contributed by atoms with Gasteiger partial charge in [0.05, 0.1) is 17.7 Å². The van der Waals surface area contributed by atoms with Crippen molar-refractivity contribution in [2.45, 2.75) is 52.9 Å². The summed E-state index contributed by atoms with van der Waals surface area (Å²) in [5, 5.41) is 30.6. The van der Waals surface area contributed by atoms with E-state index in [9.17, 15) is 29.7 Å². The third kappa shape index (κ3) is 5.62. The molecule has 0 saturated heterocycles. The molecule has 7 N–H and O–H groups in total. The SMILES string of the molecule is CC(C)(C)CC(=O)C1=C(O)C(CO)C(CC2CC(=O)c3c(O)cccc3C2)CC1=O.O.O.[HH].[HH]. The number of carbonyl (C=O) groups excluding carboxylic acids is 3. The minimum atomic E-state index is -0.692. The molecule has 8 nitrogen and oxygen atoms in total. The number of hydrogen-bond acceptors (Lipinski definition) is 6. The molecular weight excluding hydrogens is 416 g/mol. The van der Waals surface area contributed by atoms with Crippen LogP contribution in [-0.2, 0) is 16.0 Å². The Balaban J connectivity index is 0. The zero-order chi connectivity index (χ0) is 22.2. The van der Waals surface area contributed by atoms with E-state index >= 15 is 0 Å². The van der Waals surface area contributed by atoms with Crippen molar-refractivity contribution in [1.29, 1.82) is 0 Å². The van der Waals surface area contributed by atoms with Gasteiger partial charge in [-0.2, -0.15) is 0 Å². The lowest BCUT2D eigenvalue weighted by Gasteiger charge is -2.34. The van der Waals surface area contributed by atoms with E-state index in [0.717, 1.165) is 5.56 Å². The molecule has 0 fully saturated rings. The Morgan fingerprint density at radius 3 is 2.31 bits per heavy atom. The van der Waals surface area contributed by atoms with Gasteiger partial charge in [-0.25, -0.2) is 0 Å². The minimum Gasteiger partial charge on any atom is -0.511 e. The van der Waals surface area contributed by atoms with Gasteiger partial charge in [-0.1, -0.05) is 32.9 Å². The molecule has 2 aliphatic carbocycles. The number of benzene rings is 1. The Morgan fingerprint density at radius 1 is 1.06 bits per heavy atom. The number of allylic oxidation sites excluding steroid dienone is 1. The quantitative estimate of drug-likeness (QED) is 0.575. The number of phenolic OH excluding ortho intramolecular Hbond substituents is 1. The molecule has 0 saturated carbocycles. The van der Waals surface area contributed by atoms with Crippen molar-refractivity contribution in [3.05, 3.63) is 40.7 Å². The van der Waals surface area contributed by atoms with Gasteiger partial charge in [0.15, 0.2) is 17.3 Å². The van der Waals surface area contributed by atoms with Crippen LogP contribution in [0.25, 0.3) is 0 Å². The highest BCUT2D eigenvalue weighted by Gasteiger charge is 2.41. The van der Waals surface area contributed by atoms with Crippen molar-refractivity contribution < 1.29 is 43.5 Å².